The molecule has 0 aromatic heterocycles. The minimum atomic E-state index is 0.211. The fourth-order valence-corrected chi connectivity index (χ4v) is 1.72. The molecule has 3 rings (SSSR count). The summed E-state index contributed by atoms with van der Waals surface area (Å²) in [6, 6.07) is 12.7. The molecule has 0 radical (unpaired) electrons. The van der Waals surface area contributed by atoms with Crippen molar-refractivity contribution >= 4 is 12.2 Å². The average molecular weight is 210 g/mol. The van der Waals surface area contributed by atoms with Gasteiger partial charge in [0.25, 0.3) is 0 Å². The van der Waals surface area contributed by atoms with Gasteiger partial charge in [0, 0.05) is 11.6 Å². The Balaban J connectivity index is 1.93. The first kappa shape index (κ1) is 9.04. The number of rotatable bonds is 2. The van der Waals surface area contributed by atoms with Gasteiger partial charge in [0.05, 0.1) is 0 Å². The zero-order valence-electron chi connectivity index (χ0n) is 8.55. The quantitative estimate of drug-likeness (QED) is 0.699. The lowest BCUT2D eigenvalue weighted by Crippen LogP contribution is -1.94. The lowest BCUT2D eigenvalue weighted by atomic mass is 9.97. The molecule has 0 saturated heterocycles. The summed E-state index contributed by atoms with van der Waals surface area (Å²) in [6.45, 7) is 0. The lowest BCUT2D eigenvalue weighted by Gasteiger charge is -2.15. The van der Waals surface area contributed by atoms with Crippen LogP contribution in [-0.4, -0.2) is 5.11 Å². The van der Waals surface area contributed by atoms with Gasteiger partial charge in [-0.05, 0) is 23.8 Å². The zero-order chi connectivity index (χ0) is 11.0. The summed E-state index contributed by atoms with van der Waals surface area (Å²) < 4.78 is 5.71. The van der Waals surface area contributed by atoms with E-state index in [4.69, 9.17) is 4.74 Å². The Morgan fingerprint density at radius 2 is 1.81 bits per heavy atom. The van der Waals surface area contributed by atoms with Crippen molar-refractivity contribution in [2.45, 2.75) is 0 Å². The van der Waals surface area contributed by atoms with Crippen molar-refractivity contribution in [2.75, 3.05) is 0 Å². The minimum Gasteiger partial charge on any atom is -0.508 e. The molecule has 1 N–H and O–H groups in total. The van der Waals surface area contributed by atoms with Crippen LogP contribution in [0.25, 0.3) is 12.2 Å². The summed E-state index contributed by atoms with van der Waals surface area (Å²) >= 11 is 0. The van der Waals surface area contributed by atoms with Gasteiger partial charge in [-0.2, -0.15) is 0 Å². The molecule has 0 saturated carbocycles. The van der Waals surface area contributed by atoms with Crippen LogP contribution in [0, 0.1) is 0 Å². The van der Waals surface area contributed by atoms with Gasteiger partial charge in [-0.3, -0.25) is 0 Å². The number of hydrogen-bond acceptors (Lipinski definition) is 2. The molecular formula is C14H10O2. The van der Waals surface area contributed by atoms with Gasteiger partial charge >= 0.3 is 0 Å². The van der Waals surface area contributed by atoms with Crippen LogP contribution in [-0.2, 0) is 0 Å². The van der Waals surface area contributed by atoms with Crippen molar-refractivity contribution < 1.29 is 9.84 Å². The molecule has 2 aromatic carbocycles. The van der Waals surface area contributed by atoms with Crippen LogP contribution in [0.5, 0.6) is 17.2 Å². The summed E-state index contributed by atoms with van der Waals surface area (Å²) in [7, 11) is 0. The Hall–Kier alpha value is -2.22. The summed E-state index contributed by atoms with van der Waals surface area (Å²) in [5.41, 5.74) is 2.31. The molecular weight excluding hydrogens is 200 g/mol. The average Bonchev–Trinajstić information content (AvgIpc) is 2.21. The van der Waals surface area contributed by atoms with Crippen LogP contribution in [0.15, 0.2) is 42.5 Å². The van der Waals surface area contributed by atoms with E-state index in [-0.39, 0.29) is 5.75 Å². The minimum absolute atomic E-state index is 0.211. The number of phenols is 1. The highest BCUT2D eigenvalue weighted by Crippen LogP contribution is 2.35. The molecule has 1 aliphatic rings. The molecule has 2 aromatic rings. The van der Waals surface area contributed by atoms with E-state index in [9.17, 15) is 5.11 Å². The largest absolute Gasteiger partial charge is 0.508 e. The number of phenolic OH excluding ortho intramolecular Hbond substituents is 1. The van der Waals surface area contributed by atoms with Crippen molar-refractivity contribution in [2.24, 2.45) is 0 Å². The standard InChI is InChI=1S/C14H10O2/c15-11-4-2-5-12(9-11)16-14-6-1-3-10-7-8-13(10)14/h1-9,15H. The van der Waals surface area contributed by atoms with Gasteiger partial charge in [-0.1, -0.05) is 30.4 Å². The van der Waals surface area contributed by atoms with Crippen LogP contribution >= 0.6 is 0 Å². The van der Waals surface area contributed by atoms with Crippen molar-refractivity contribution in [1.29, 1.82) is 0 Å². The van der Waals surface area contributed by atoms with Gasteiger partial charge < -0.3 is 9.84 Å². The molecule has 0 atom stereocenters. The molecule has 78 valence electrons. The van der Waals surface area contributed by atoms with E-state index in [1.54, 1.807) is 18.2 Å². The predicted molar refractivity (Wildman–Crippen MR) is 63.6 cm³/mol. The van der Waals surface area contributed by atoms with E-state index in [1.807, 2.05) is 36.4 Å². The molecule has 2 nitrogen and oxygen atoms in total. The monoisotopic (exact) mass is 210 g/mol. The SMILES string of the molecule is Oc1cccc(Oc2cccc3c2C=C3)c1. The highest BCUT2D eigenvalue weighted by atomic mass is 16.5. The predicted octanol–water partition coefficient (Wildman–Crippen LogP) is 3.67. The topological polar surface area (TPSA) is 29.5 Å². The Morgan fingerprint density at radius 1 is 0.938 bits per heavy atom. The first-order valence-corrected chi connectivity index (χ1v) is 5.11. The molecule has 0 heterocycles. The third kappa shape index (κ3) is 1.44. The zero-order valence-corrected chi connectivity index (χ0v) is 8.55. The first-order chi connectivity index (χ1) is 7.83. The number of benzene rings is 2. The Kier molecular flexibility index (Phi) is 1.93. The molecule has 0 aliphatic heterocycles. The Labute approximate surface area is 93.4 Å². The number of fused-ring (bicyclic) bond motifs is 1. The van der Waals surface area contributed by atoms with E-state index in [2.05, 4.69) is 0 Å². The molecule has 0 unspecified atom stereocenters. The molecule has 2 heteroatoms. The maximum absolute atomic E-state index is 9.33. The fraction of sp³-hybridized carbons (Fsp3) is 0. The summed E-state index contributed by atoms with van der Waals surface area (Å²) in [5.74, 6) is 1.68. The molecule has 0 spiro atoms. The van der Waals surface area contributed by atoms with Crippen molar-refractivity contribution in [1.82, 2.24) is 0 Å². The van der Waals surface area contributed by atoms with E-state index in [1.165, 1.54) is 5.56 Å². The molecule has 0 fully saturated rings. The van der Waals surface area contributed by atoms with E-state index in [0.29, 0.717) is 5.75 Å². The van der Waals surface area contributed by atoms with Gasteiger partial charge in [-0.15, -0.1) is 0 Å². The summed E-state index contributed by atoms with van der Waals surface area (Å²) in [5, 5.41) is 9.33. The number of ether oxygens (including phenoxy) is 1. The van der Waals surface area contributed by atoms with E-state index in [0.717, 1.165) is 11.3 Å². The molecule has 0 amide bonds. The van der Waals surface area contributed by atoms with Crippen LogP contribution in [0.3, 0.4) is 0 Å². The van der Waals surface area contributed by atoms with Crippen LogP contribution < -0.4 is 4.74 Å². The third-order valence-electron chi connectivity index (χ3n) is 2.57. The molecule has 1 aliphatic carbocycles. The van der Waals surface area contributed by atoms with E-state index < -0.39 is 0 Å². The lowest BCUT2D eigenvalue weighted by molar-refractivity contribution is 0.454. The highest BCUT2D eigenvalue weighted by Gasteiger charge is 2.11. The van der Waals surface area contributed by atoms with Crippen LogP contribution in [0.1, 0.15) is 11.1 Å². The van der Waals surface area contributed by atoms with Crippen molar-refractivity contribution in [3.63, 3.8) is 0 Å². The summed E-state index contributed by atoms with van der Waals surface area (Å²) in [4.78, 5) is 0. The number of hydrogen-bond donors (Lipinski definition) is 1. The van der Waals surface area contributed by atoms with Gasteiger partial charge in [0.1, 0.15) is 17.2 Å². The number of aromatic hydroxyl groups is 1. The van der Waals surface area contributed by atoms with Crippen molar-refractivity contribution in [3.05, 3.63) is 53.6 Å². The smallest absolute Gasteiger partial charge is 0.135 e. The Bertz CT molecular complexity index is 571. The second-order valence-electron chi connectivity index (χ2n) is 3.69. The van der Waals surface area contributed by atoms with Gasteiger partial charge in [0.15, 0.2) is 0 Å². The maximum Gasteiger partial charge on any atom is 0.135 e. The van der Waals surface area contributed by atoms with E-state index >= 15 is 0 Å². The van der Waals surface area contributed by atoms with Crippen molar-refractivity contribution in [3.8, 4) is 17.2 Å². The molecule has 16 heavy (non-hydrogen) atoms. The summed E-state index contributed by atoms with van der Waals surface area (Å²) in [6.07, 6.45) is 4.07. The first-order valence-electron chi connectivity index (χ1n) is 5.11. The second kappa shape index (κ2) is 3.42. The Morgan fingerprint density at radius 3 is 2.56 bits per heavy atom. The van der Waals surface area contributed by atoms with Crippen LogP contribution in [0.2, 0.25) is 0 Å². The van der Waals surface area contributed by atoms with Gasteiger partial charge in [-0.25, -0.2) is 0 Å². The van der Waals surface area contributed by atoms with Crippen LogP contribution in [0.4, 0.5) is 0 Å². The third-order valence-corrected chi connectivity index (χ3v) is 2.57. The van der Waals surface area contributed by atoms with Gasteiger partial charge in [0.2, 0.25) is 0 Å². The highest BCUT2D eigenvalue weighted by molar-refractivity contribution is 5.88. The molecule has 0 bridgehead atoms. The maximum atomic E-state index is 9.33. The fourth-order valence-electron chi connectivity index (χ4n) is 1.72. The normalized spacial score (nSPS) is 11.8. The second-order valence-corrected chi connectivity index (χ2v) is 3.69.